The van der Waals surface area contributed by atoms with Crippen LogP contribution in [0.15, 0.2) is 18.2 Å². The smallest absolute Gasteiger partial charge is 0.424 e. The Balaban J connectivity index is 2.61. The van der Waals surface area contributed by atoms with Gasteiger partial charge < -0.3 is 19.3 Å². The Bertz CT molecular complexity index is 898. The molecule has 0 N–H and O–H groups in total. The maximum Gasteiger partial charge on any atom is 0.424 e. The molecule has 1 aliphatic heterocycles. The fourth-order valence-corrected chi connectivity index (χ4v) is 3.07. The van der Waals surface area contributed by atoms with Crippen LogP contribution in [0.1, 0.15) is 51.9 Å². The number of carbonyl (C=O) groups is 3. The number of piperazine rings is 1. The van der Waals surface area contributed by atoms with Crippen molar-refractivity contribution in [2.24, 2.45) is 0 Å². The topological polar surface area (TPSA) is 123 Å². The Morgan fingerprint density at radius 2 is 1.42 bits per heavy atom. The molecule has 0 aliphatic carbocycles. The summed E-state index contributed by atoms with van der Waals surface area (Å²) in [7, 11) is 1.94. The molecule has 0 atom stereocenters. The summed E-state index contributed by atoms with van der Waals surface area (Å²) in [6.45, 7) is 11.8. The second-order valence-electron chi connectivity index (χ2n) is 9.85. The Morgan fingerprint density at radius 3 is 1.85 bits per heavy atom. The summed E-state index contributed by atoms with van der Waals surface area (Å²) in [6.07, 6.45) is -2.21. The molecule has 0 aromatic heterocycles. The van der Waals surface area contributed by atoms with Crippen molar-refractivity contribution >= 4 is 29.5 Å². The Labute approximate surface area is 193 Å². The monoisotopic (exact) mass is 464 g/mol. The Morgan fingerprint density at radius 1 is 0.939 bits per heavy atom. The third-order valence-electron chi connectivity index (χ3n) is 4.61. The van der Waals surface area contributed by atoms with Crippen molar-refractivity contribution in [2.45, 2.75) is 52.7 Å². The van der Waals surface area contributed by atoms with Crippen LogP contribution < -0.4 is 4.90 Å². The first kappa shape index (κ1) is 26.0. The highest BCUT2D eigenvalue weighted by molar-refractivity contribution is 6.14. The summed E-state index contributed by atoms with van der Waals surface area (Å²) in [5.41, 5.74) is -2.64. The van der Waals surface area contributed by atoms with Gasteiger partial charge in [0, 0.05) is 38.3 Å². The van der Waals surface area contributed by atoms with E-state index in [0.717, 1.165) is 12.1 Å². The molecule has 0 spiro atoms. The van der Waals surface area contributed by atoms with E-state index in [-0.39, 0.29) is 11.3 Å². The maximum atomic E-state index is 13.3. The minimum Gasteiger partial charge on any atom is -0.443 e. The van der Waals surface area contributed by atoms with Crippen molar-refractivity contribution in [1.29, 1.82) is 0 Å². The Kier molecular flexibility index (Phi) is 7.68. The van der Waals surface area contributed by atoms with E-state index >= 15 is 0 Å². The zero-order valence-electron chi connectivity index (χ0n) is 20.2. The number of nitrogens with zero attached hydrogens (tertiary/aromatic N) is 4. The lowest BCUT2D eigenvalue weighted by Crippen LogP contribution is -2.48. The third-order valence-corrected chi connectivity index (χ3v) is 4.61. The molecule has 1 saturated heterocycles. The number of likely N-dealkylation sites (N-methyl/N-ethyl adjacent to an activating group) is 1. The second kappa shape index (κ2) is 9.74. The lowest BCUT2D eigenvalue weighted by atomic mass is 10.1. The summed E-state index contributed by atoms with van der Waals surface area (Å²) in [6, 6.07) is 3.42. The van der Waals surface area contributed by atoms with Crippen molar-refractivity contribution < 1.29 is 28.8 Å². The highest BCUT2D eigenvalue weighted by Gasteiger charge is 2.37. The molecule has 0 saturated carbocycles. The normalized spacial score (nSPS) is 15.1. The molecule has 0 bridgehead atoms. The predicted octanol–water partition coefficient (Wildman–Crippen LogP) is 3.66. The molecule has 1 fully saturated rings. The first-order valence-electron chi connectivity index (χ1n) is 10.6. The number of nitro groups is 1. The highest BCUT2D eigenvalue weighted by atomic mass is 16.6. The number of benzene rings is 1. The minimum absolute atomic E-state index is 0.0399. The summed E-state index contributed by atoms with van der Waals surface area (Å²) in [5, 5.41) is 11.4. The fraction of sp³-hybridized carbons (Fsp3) is 0.591. The van der Waals surface area contributed by atoms with Crippen LogP contribution >= 0.6 is 0 Å². The van der Waals surface area contributed by atoms with Gasteiger partial charge in [0.05, 0.1) is 16.2 Å². The molecule has 1 aromatic carbocycles. The van der Waals surface area contributed by atoms with E-state index in [0.29, 0.717) is 31.1 Å². The molecule has 2 rings (SSSR count). The fourth-order valence-electron chi connectivity index (χ4n) is 3.07. The van der Waals surface area contributed by atoms with Crippen LogP contribution in [0.4, 0.5) is 21.0 Å². The molecule has 1 aromatic rings. The number of hydrogen-bond donors (Lipinski definition) is 0. The van der Waals surface area contributed by atoms with Gasteiger partial charge in [-0.2, -0.15) is 4.90 Å². The van der Waals surface area contributed by atoms with E-state index in [2.05, 4.69) is 4.90 Å². The number of hydrogen-bond acceptors (Lipinski definition) is 8. The molecule has 33 heavy (non-hydrogen) atoms. The lowest BCUT2D eigenvalue weighted by molar-refractivity contribution is -0.384. The molecule has 11 nitrogen and oxygen atoms in total. The average Bonchev–Trinajstić information content (AvgIpc) is 2.65. The Hall–Kier alpha value is -3.21. The van der Waals surface area contributed by atoms with Crippen LogP contribution in [0.3, 0.4) is 0 Å². The first-order chi connectivity index (χ1) is 15.1. The van der Waals surface area contributed by atoms with Gasteiger partial charge in [0.2, 0.25) is 0 Å². The second-order valence-corrected chi connectivity index (χ2v) is 9.85. The standard InChI is InChI=1S/C22H32N4O7/c1-21(2,3)32-19(28)25(20(29)33-22(4,5)6)17-14-15(26(30)31)8-9-16(17)18(27)24-12-10-23(7)11-13-24/h8-9,14H,10-13H2,1-7H3. The van der Waals surface area contributed by atoms with Crippen LogP contribution in [0, 0.1) is 10.1 Å². The van der Waals surface area contributed by atoms with Gasteiger partial charge in [-0.1, -0.05) is 0 Å². The lowest BCUT2D eigenvalue weighted by Gasteiger charge is -2.33. The van der Waals surface area contributed by atoms with E-state index in [9.17, 15) is 24.5 Å². The number of nitro benzene ring substituents is 1. The number of imide groups is 1. The van der Waals surface area contributed by atoms with Crippen LogP contribution in [0.2, 0.25) is 0 Å². The van der Waals surface area contributed by atoms with E-state index in [4.69, 9.17) is 9.47 Å². The van der Waals surface area contributed by atoms with Crippen LogP contribution in [-0.4, -0.2) is 77.2 Å². The van der Waals surface area contributed by atoms with Gasteiger partial charge in [0.1, 0.15) is 11.2 Å². The largest absolute Gasteiger partial charge is 0.443 e. The summed E-state index contributed by atoms with van der Waals surface area (Å²) >= 11 is 0. The van der Waals surface area contributed by atoms with Gasteiger partial charge in [-0.15, -0.1) is 0 Å². The van der Waals surface area contributed by atoms with Gasteiger partial charge in [0.25, 0.3) is 11.6 Å². The molecule has 1 heterocycles. The number of anilines is 1. The van der Waals surface area contributed by atoms with Gasteiger partial charge >= 0.3 is 12.2 Å². The highest BCUT2D eigenvalue weighted by Crippen LogP contribution is 2.30. The molecule has 182 valence electrons. The molecule has 0 radical (unpaired) electrons. The number of rotatable bonds is 3. The van der Waals surface area contributed by atoms with E-state index < -0.39 is 39.9 Å². The average molecular weight is 465 g/mol. The van der Waals surface area contributed by atoms with Crippen molar-refractivity contribution in [1.82, 2.24) is 9.80 Å². The van der Waals surface area contributed by atoms with Crippen molar-refractivity contribution in [3.05, 3.63) is 33.9 Å². The van der Waals surface area contributed by atoms with Gasteiger partial charge in [-0.05, 0) is 54.7 Å². The van der Waals surface area contributed by atoms with Crippen molar-refractivity contribution in [3.8, 4) is 0 Å². The van der Waals surface area contributed by atoms with E-state index in [1.807, 2.05) is 7.05 Å². The molecular formula is C22H32N4O7. The minimum atomic E-state index is -1.11. The molecular weight excluding hydrogens is 432 g/mol. The molecule has 11 heteroatoms. The molecule has 1 aliphatic rings. The number of amides is 3. The zero-order valence-corrected chi connectivity index (χ0v) is 20.2. The quantitative estimate of drug-likeness (QED) is 0.491. The zero-order chi connectivity index (χ0) is 25.1. The maximum absolute atomic E-state index is 13.3. The SMILES string of the molecule is CN1CCN(C(=O)c2ccc([N+](=O)[O-])cc2N(C(=O)OC(C)(C)C)C(=O)OC(C)(C)C)CC1. The number of carbonyl (C=O) groups excluding carboxylic acids is 3. The predicted molar refractivity (Wildman–Crippen MR) is 121 cm³/mol. The van der Waals surface area contributed by atoms with Crippen molar-refractivity contribution in [3.63, 3.8) is 0 Å². The van der Waals surface area contributed by atoms with Gasteiger partial charge in [-0.3, -0.25) is 14.9 Å². The van der Waals surface area contributed by atoms with Crippen LogP contribution in [0.5, 0.6) is 0 Å². The summed E-state index contributed by atoms with van der Waals surface area (Å²) in [4.78, 5) is 54.4. The van der Waals surface area contributed by atoms with Gasteiger partial charge in [-0.25, -0.2) is 9.59 Å². The molecule has 3 amide bonds. The first-order valence-corrected chi connectivity index (χ1v) is 10.6. The van der Waals surface area contributed by atoms with Gasteiger partial charge in [0.15, 0.2) is 0 Å². The summed E-state index contributed by atoms with van der Waals surface area (Å²) in [5.74, 6) is -0.454. The van der Waals surface area contributed by atoms with Crippen LogP contribution in [0.25, 0.3) is 0 Å². The van der Waals surface area contributed by atoms with Crippen molar-refractivity contribution in [2.75, 3.05) is 38.1 Å². The van der Waals surface area contributed by atoms with E-state index in [1.165, 1.54) is 6.07 Å². The van der Waals surface area contributed by atoms with Crippen LogP contribution in [-0.2, 0) is 9.47 Å². The van der Waals surface area contributed by atoms with E-state index in [1.54, 1.807) is 46.4 Å². The number of ether oxygens (including phenoxy) is 2. The third kappa shape index (κ3) is 7.14. The number of non-ortho nitro benzene ring substituents is 1. The molecule has 0 unspecified atom stereocenters. The summed E-state index contributed by atoms with van der Waals surface area (Å²) < 4.78 is 10.7.